The summed E-state index contributed by atoms with van der Waals surface area (Å²) in [6.07, 6.45) is 4.40. The summed E-state index contributed by atoms with van der Waals surface area (Å²) in [5, 5.41) is 3.73. The minimum atomic E-state index is 0.144. The third-order valence-corrected chi connectivity index (χ3v) is 4.70. The van der Waals surface area contributed by atoms with E-state index in [1.54, 1.807) is 11.3 Å². The second-order valence-electron chi connectivity index (χ2n) is 5.42. The van der Waals surface area contributed by atoms with Crippen molar-refractivity contribution in [1.29, 1.82) is 0 Å². The summed E-state index contributed by atoms with van der Waals surface area (Å²) in [5.41, 5.74) is 3.42. The first-order chi connectivity index (χ1) is 9.13. The summed E-state index contributed by atoms with van der Waals surface area (Å²) >= 11 is 1.57. The topological polar surface area (TPSA) is 42.0 Å². The highest BCUT2D eigenvalue weighted by atomic mass is 32.1. The Labute approximate surface area is 117 Å². The lowest BCUT2D eigenvalue weighted by molar-refractivity contribution is -0.119. The first-order valence-electron chi connectivity index (χ1n) is 6.82. The minimum absolute atomic E-state index is 0.144. The van der Waals surface area contributed by atoms with E-state index in [9.17, 15) is 4.79 Å². The molecule has 0 saturated heterocycles. The van der Waals surface area contributed by atoms with Crippen molar-refractivity contribution in [2.75, 3.05) is 5.32 Å². The van der Waals surface area contributed by atoms with Gasteiger partial charge in [-0.1, -0.05) is 30.2 Å². The summed E-state index contributed by atoms with van der Waals surface area (Å²) < 4.78 is 1.15. The summed E-state index contributed by atoms with van der Waals surface area (Å²) in [6.45, 7) is 4.15. The monoisotopic (exact) mass is 274 g/mol. The second kappa shape index (κ2) is 4.93. The summed E-state index contributed by atoms with van der Waals surface area (Å²) in [7, 11) is 0. The fourth-order valence-corrected chi connectivity index (χ4v) is 3.86. The van der Waals surface area contributed by atoms with E-state index in [1.807, 2.05) is 0 Å². The third-order valence-electron chi connectivity index (χ3n) is 3.79. The number of aromatic nitrogens is 1. The third kappa shape index (κ3) is 2.50. The Balaban J connectivity index is 1.85. The molecule has 1 fully saturated rings. The number of aryl methyl sites for hydroxylation is 2. The number of anilines is 1. The van der Waals surface area contributed by atoms with Gasteiger partial charge in [-0.2, -0.15) is 0 Å². The number of fused-ring (bicyclic) bond motifs is 1. The molecule has 1 aromatic carbocycles. The molecule has 4 heteroatoms. The molecule has 0 bridgehead atoms. The molecule has 1 aliphatic rings. The Morgan fingerprint density at radius 3 is 2.79 bits per heavy atom. The molecule has 0 unspecified atom stereocenters. The normalized spacial score (nSPS) is 16.1. The number of thiazole rings is 1. The van der Waals surface area contributed by atoms with E-state index in [4.69, 9.17) is 0 Å². The molecule has 3 rings (SSSR count). The molecule has 1 heterocycles. The number of carbonyl (C=O) groups excluding carboxylic acids is 1. The number of benzene rings is 1. The zero-order valence-electron chi connectivity index (χ0n) is 11.3. The molecule has 2 aromatic rings. The van der Waals surface area contributed by atoms with Gasteiger partial charge in [-0.05, 0) is 43.9 Å². The van der Waals surface area contributed by atoms with Gasteiger partial charge in [0.1, 0.15) is 0 Å². The average Bonchev–Trinajstić information content (AvgIpc) is 2.96. The van der Waals surface area contributed by atoms with Gasteiger partial charge in [0.2, 0.25) is 5.91 Å². The molecule has 1 aromatic heterocycles. The molecule has 0 aliphatic heterocycles. The molecular weight excluding hydrogens is 256 g/mol. The van der Waals surface area contributed by atoms with Crippen molar-refractivity contribution in [2.45, 2.75) is 39.5 Å². The quantitative estimate of drug-likeness (QED) is 0.898. The average molecular weight is 274 g/mol. The van der Waals surface area contributed by atoms with Gasteiger partial charge in [-0.3, -0.25) is 4.79 Å². The highest BCUT2D eigenvalue weighted by Crippen LogP contribution is 2.31. The van der Waals surface area contributed by atoms with Crippen LogP contribution in [0.1, 0.15) is 36.8 Å². The Bertz CT molecular complexity index is 626. The number of hydrogen-bond acceptors (Lipinski definition) is 3. The predicted octanol–water partition coefficient (Wildman–Crippen LogP) is 4.04. The Morgan fingerprint density at radius 1 is 1.32 bits per heavy atom. The fourth-order valence-electron chi connectivity index (χ4n) is 2.82. The summed E-state index contributed by atoms with van der Waals surface area (Å²) in [6, 6.07) is 4.26. The smallest absolute Gasteiger partial charge is 0.229 e. The Kier molecular flexibility index (Phi) is 3.27. The van der Waals surface area contributed by atoms with Crippen LogP contribution in [0.3, 0.4) is 0 Å². The molecule has 0 radical (unpaired) electrons. The first kappa shape index (κ1) is 12.6. The largest absolute Gasteiger partial charge is 0.302 e. The van der Waals surface area contributed by atoms with Crippen LogP contribution in [0, 0.1) is 19.8 Å². The maximum Gasteiger partial charge on any atom is 0.229 e. The van der Waals surface area contributed by atoms with Crippen molar-refractivity contribution in [2.24, 2.45) is 5.92 Å². The number of rotatable bonds is 2. The second-order valence-corrected chi connectivity index (χ2v) is 6.45. The van der Waals surface area contributed by atoms with Crippen LogP contribution in [0.5, 0.6) is 0 Å². The van der Waals surface area contributed by atoms with Crippen LogP contribution in [-0.2, 0) is 4.79 Å². The Hall–Kier alpha value is -1.42. The van der Waals surface area contributed by atoms with Crippen LogP contribution < -0.4 is 5.32 Å². The van der Waals surface area contributed by atoms with Crippen molar-refractivity contribution in [3.8, 4) is 0 Å². The molecular formula is C15H18N2OS. The van der Waals surface area contributed by atoms with Gasteiger partial charge in [0.05, 0.1) is 10.2 Å². The van der Waals surface area contributed by atoms with Gasteiger partial charge in [0, 0.05) is 5.92 Å². The first-order valence-corrected chi connectivity index (χ1v) is 7.64. The lowest BCUT2D eigenvalue weighted by Gasteiger charge is -2.07. The number of amides is 1. The maximum atomic E-state index is 12.1. The van der Waals surface area contributed by atoms with Gasteiger partial charge in [0.15, 0.2) is 5.13 Å². The fraction of sp³-hybridized carbons (Fsp3) is 0.467. The number of nitrogens with one attached hydrogen (secondary N) is 1. The van der Waals surface area contributed by atoms with E-state index in [0.29, 0.717) is 0 Å². The van der Waals surface area contributed by atoms with Gasteiger partial charge in [-0.25, -0.2) is 4.98 Å². The maximum absolute atomic E-state index is 12.1. The molecule has 19 heavy (non-hydrogen) atoms. The van der Waals surface area contributed by atoms with Crippen LogP contribution >= 0.6 is 11.3 Å². The van der Waals surface area contributed by atoms with Crippen LogP contribution in [0.4, 0.5) is 5.13 Å². The van der Waals surface area contributed by atoms with Gasteiger partial charge in [0.25, 0.3) is 0 Å². The minimum Gasteiger partial charge on any atom is -0.302 e. The van der Waals surface area contributed by atoms with Crippen molar-refractivity contribution in [3.05, 3.63) is 23.3 Å². The molecule has 1 amide bonds. The van der Waals surface area contributed by atoms with E-state index in [2.05, 4.69) is 36.3 Å². The zero-order chi connectivity index (χ0) is 13.4. The van der Waals surface area contributed by atoms with Crippen LogP contribution in [0.25, 0.3) is 10.2 Å². The number of carbonyl (C=O) groups is 1. The van der Waals surface area contributed by atoms with Crippen molar-refractivity contribution in [1.82, 2.24) is 4.98 Å². The molecule has 1 aliphatic carbocycles. The highest BCUT2D eigenvalue weighted by Gasteiger charge is 2.23. The van der Waals surface area contributed by atoms with Crippen LogP contribution in [-0.4, -0.2) is 10.9 Å². The summed E-state index contributed by atoms with van der Waals surface area (Å²) in [5.74, 6) is 0.334. The van der Waals surface area contributed by atoms with E-state index >= 15 is 0 Å². The number of nitrogens with zero attached hydrogens (tertiary/aromatic N) is 1. The predicted molar refractivity (Wildman–Crippen MR) is 79.7 cm³/mol. The lowest BCUT2D eigenvalue weighted by atomic mass is 10.1. The standard InChI is InChI=1S/C15H18N2OS/c1-9-7-10(2)13-12(8-9)19-15(16-13)17-14(18)11-5-3-4-6-11/h7-8,11H,3-6H2,1-2H3,(H,16,17,18). The molecule has 0 spiro atoms. The Morgan fingerprint density at radius 2 is 2.05 bits per heavy atom. The molecule has 1 saturated carbocycles. The molecule has 1 N–H and O–H groups in total. The van der Waals surface area contributed by atoms with E-state index in [1.165, 1.54) is 24.0 Å². The molecule has 3 nitrogen and oxygen atoms in total. The SMILES string of the molecule is Cc1cc(C)c2nc(NC(=O)C3CCCC3)sc2c1. The molecule has 100 valence electrons. The number of hydrogen-bond donors (Lipinski definition) is 1. The van der Waals surface area contributed by atoms with E-state index in [0.717, 1.165) is 28.2 Å². The van der Waals surface area contributed by atoms with Crippen molar-refractivity contribution >= 4 is 32.6 Å². The van der Waals surface area contributed by atoms with Gasteiger partial charge < -0.3 is 5.32 Å². The van der Waals surface area contributed by atoms with Gasteiger partial charge in [-0.15, -0.1) is 0 Å². The van der Waals surface area contributed by atoms with Gasteiger partial charge >= 0.3 is 0 Å². The van der Waals surface area contributed by atoms with Crippen molar-refractivity contribution in [3.63, 3.8) is 0 Å². The summed E-state index contributed by atoms with van der Waals surface area (Å²) in [4.78, 5) is 16.7. The van der Waals surface area contributed by atoms with E-state index in [-0.39, 0.29) is 11.8 Å². The lowest BCUT2D eigenvalue weighted by Crippen LogP contribution is -2.20. The molecule has 0 atom stereocenters. The van der Waals surface area contributed by atoms with E-state index < -0.39 is 0 Å². The van der Waals surface area contributed by atoms with Crippen LogP contribution in [0.15, 0.2) is 12.1 Å². The zero-order valence-corrected chi connectivity index (χ0v) is 12.1. The van der Waals surface area contributed by atoms with Crippen molar-refractivity contribution < 1.29 is 4.79 Å². The van der Waals surface area contributed by atoms with Crippen LogP contribution in [0.2, 0.25) is 0 Å². The highest BCUT2D eigenvalue weighted by molar-refractivity contribution is 7.22.